The highest BCUT2D eigenvalue weighted by molar-refractivity contribution is 5.25. The number of hydrogen-bond donors (Lipinski definition) is 1. The van der Waals surface area contributed by atoms with Crippen molar-refractivity contribution in [2.24, 2.45) is 0 Å². The van der Waals surface area contributed by atoms with E-state index in [1.54, 1.807) is 6.26 Å². The predicted octanol–water partition coefficient (Wildman–Crippen LogP) is 1.24. The van der Waals surface area contributed by atoms with Crippen LogP contribution >= 0.6 is 0 Å². The Bertz CT molecular complexity index is 243. The van der Waals surface area contributed by atoms with Crippen LogP contribution in [-0.4, -0.2) is 25.1 Å². The Balaban J connectivity index is 2.66. The van der Waals surface area contributed by atoms with Gasteiger partial charge in [-0.2, -0.15) is 4.98 Å². The molecule has 0 fully saturated rings. The molecule has 1 aromatic rings. The van der Waals surface area contributed by atoms with E-state index in [0.717, 1.165) is 31.3 Å². The minimum atomic E-state index is 0.718. The minimum Gasteiger partial charge on any atom is -0.432 e. The molecule has 1 heterocycles. The fourth-order valence-electron chi connectivity index (χ4n) is 1.20. The summed E-state index contributed by atoms with van der Waals surface area (Å²) in [5.41, 5.74) is 0.949. The van der Waals surface area contributed by atoms with E-state index in [-0.39, 0.29) is 0 Å². The van der Waals surface area contributed by atoms with E-state index in [9.17, 15) is 0 Å². The summed E-state index contributed by atoms with van der Waals surface area (Å²) in [6, 6.07) is 0.718. The smallest absolute Gasteiger partial charge is 0.297 e. The molecule has 0 saturated heterocycles. The monoisotopic (exact) mass is 183 g/mol. The van der Waals surface area contributed by atoms with Gasteiger partial charge in [0.05, 0.1) is 5.69 Å². The summed E-state index contributed by atoms with van der Waals surface area (Å²) in [5.74, 6) is 0. The van der Waals surface area contributed by atoms with Crippen molar-refractivity contribution in [3.8, 4) is 0 Å². The third-order valence-electron chi connectivity index (χ3n) is 1.93. The average molecular weight is 183 g/mol. The van der Waals surface area contributed by atoms with E-state index >= 15 is 0 Å². The first-order valence-electron chi connectivity index (χ1n) is 4.65. The summed E-state index contributed by atoms with van der Waals surface area (Å²) >= 11 is 0. The van der Waals surface area contributed by atoms with Gasteiger partial charge in [0.1, 0.15) is 6.26 Å². The standard InChI is InChI=1S/C9H17N3O/c1-4-12(5-2)9-11-8(6-10-3)7-13-9/h7,10H,4-6H2,1-3H3. The van der Waals surface area contributed by atoms with Crippen molar-refractivity contribution in [2.45, 2.75) is 20.4 Å². The molecular weight excluding hydrogens is 166 g/mol. The van der Waals surface area contributed by atoms with Crippen molar-refractivity contribution < 1.29 is 4.42 Å². The number of oxazole rings is 1. The van der Waals surface area contributed by atoms with Gasteiger partial charge >= 0.3 is 0 Å². The molecule has 0 aliphatic heterocycles. The largest absolute Gasteiger partial charge is 0.432 e. The number of rotatable bonds is 5. The first-order chi connectivity index (χ1) is 6.31. The summed E-state index contributed by atoms with van der Waals surface area (Å²) in [4.78, 5) is 6.42. The van der Waals surface area contributed by atoms with E-state index in [4.69, 9.17) is 4.42 Å². The summed E-state index contributed by atoms with van der Waals surface area (Å²) in [7, 11) is 1.89. The van der Waals surface area contributed by atoms with Gasteiger partial charge in [0.15, 0.2) is 0 Å². The maximum Gasteiger partial charge on any atom is 0.297 e. The molecule has 74 valence electrons. The molecule has 0 aromatic carbocycles. The molecule has 0 spiro atoms. The predicted molar refractivity (Wildman–Crippen MR) is 52.8 cm³/mol. The van der Waals surface area contributed by atoms with Crippen LogP contribution in [0.3, 0.4) is 0 Å². The first-order valence-corrected chi connectivity index (χ1v) is 4.65. The van der Waals surface area contributed by atoms with Crippen LogP contribution < -0.4 is 10.2 Å². The molecule has 1 N–H and O–H groups in total. The fourth-order valence-corrected chi connectivity index (χ4v) is 1.20. The van der Waals surface area contributed by atoms with Crippen LogP contribution in [0.2, 0.25) is 0 Å². The third-order valence-corrected chi connectivity index (χ3v) is 1.93. The molecule has 1 aromatic heterocycles. The molecule has 1 rings (SSSR count). The van der Waals surface area contributed by atoms with Crippen molar-refractivity contribution in [3.05, 3.63) is 12.0 Å². The molecule has 0 amide bonds. The van der Waals surface area contributed by atoms with E-state index < -0.39 is 0 Å². The van der Waals surface area contributed by atoms with Gasteiger partial charge in [-0.3, -0.25) is 0 Å². The molecule has 0 saturated carbocycles. The SMILES string of the molecule is CCN(CC)c1nc(CNC)co1. The van der Waals surface area contributed by atoms with Crippen molar-refractivity contribution in [1.29, 1.82) is 0 Å². The van der Waals surface area contributed by atoms with Gasteiger partial charge in [-0.25, -0.2) is 0 Å². The lowest BCUT2D eigenvalue weighted by Gasteiger charge is -2.14. The molecule has 0 unspecified atom stereocenters. The fraction of sp³-hybridized carbons (Fsp3) is 0.667. The number of nitrogens with zero attached hydrogens (tertiary/aromatic N) is 2. The summed E-state index contributed by atoms with van der Waals surface area (Å²) in [6.07, 6.45) is 1.70. The normalized spacial score (nSPS) is 10.4. The van der Waals surface area contributed by atoms with Crippen LogP contribution in [0.5, 0.6) is 0 Å². The Kier molecular flexibility index (Phi) is 3.76. The Morgan fingerprint density at radius 2 is 2.15 bits per heavy atom. The Morgan fingerprint density at radius 1 is 1.46 bits per heavy atom. The summed E-state index contributed by atoms with van der Waals surface area (Å²) in [6.45, 7) is 6.79. The average Bonchev–Trinajstić information content (AvgIpc) is 2.56. The maximum atomic E-state index is 5.34. The van der Waals surface area contributed by atoms with Crippen LogP contribution in [0, 0.1) is 0 Å². The summed E-state index contributed by atoms with van der Waals surface area (Å²) in [5, 5.41) is 3.03. The van der Waals surface area contributed by atoms with Crippen LogP contribution in [0.4, 0.5) is 6.01 Å². The second-order valence-corrected chi connectivity index (χ2v) is 2.82. The van der Waals surface area contributed by atoms with Crippen LogP contribution in [0.25, 0.3) is 0 Å². The highest BCUT2D eigenvalue weighted by Gasteiger charge is 2.08. The molecule has 0 bridgehead atoms. The number of hydrogen-bond acceptors (Lipinski definition) is 4. The van der Waals surface area contributed by atoms with Crippen molar-refractivity contribution in [3.63, 3.8) is 0 Å². The van der Waals surface area contributed by atoms with Crippen molar-refractivity contribution in [2.75, 3.05) is 25.0 Å². The third kappa shape index (κ3) is 2.45. The van der Waals surface area contributed by atoms with E-state index in [1.807, 2.05) is 7.05 Å². The lowest BCUT2D eigenvalue weighted by atomic mass is 10.5. The Hall–Kier alpha value is -1.03. The number of anilines is 1. The molecule has 13 heavy (non-hydrogen) atoms. The minimum absolute atomic E-state index is 0.718. The van der Waals surface area contributed by atoms with Crippen molar-refractivity contribution >= 4 is 6.01 Å². The second-order valence-electron chi connectivity index (χ2n) is 2.82. The lowest BCUT2D eigenvalue weighted by Crippen LogP contribution is -2.22. The van der Waals surface area contributed by atoms with E-state index in [1.165, 1.54) is 0 Å². The van der Waals surface area contributed by atoms with Gasteiger partial charge in [-0.1, -0.05) is 0 Å². The molecule has 0 radical (unpaired) electrons. The van der Waals surface area contributed by atoms with Gasteiger partial charge in [-0.05, 0) is 20.9 Å². The second kappa shape index (κ2) is 4.87. The molecule has 0 atom stereocenters. The molecule has 0 aliphatic rings. The highest BCUT2D eigenvalue weighted by Crippen LogP contribution is 2.12. The van der Waals surface area contributed by atoms with E-state index in [2.05, 4.69) is 29.0 Å². The first kappa shape index (κ1) is 10.1. The van der Waals surface area contributed by atoms with Gasteiger partial charge in [0.25, 0.3) is 6.01 Å². The molecule has 4 heteroatoms. The Labute approximate surface area is 78.9 Å². The van der Waals surface area contributed by atoms with Crippen LogP contribution in [0.15, 0.2) is 10.7 Å². The highest BCUT2D eigenvalue weighted by atomic mass is 16.4. The lowest BCUT2D eigenvalue weighted by molar-refractivity contribution is 0.538. The molecule has 0 aliphatic carbocycles. The summed E-state index contributed by atoms with van der Waals surface area (Å²) < 4.78 is 5.34. The Morgan fingerprint density at radius 3 is 2.69 bits per heavy atom. The number of aromatic nitrogens is 1. The quantitative estimate of drug-likeness (QED) is 0.745. The van der Waals surface area contributed by atoms with Crippen molar-refractivity contribution in [1.82, 2.24) is 10.3 Å². The van der Waals surface area contributed by atoms with Crippen LogP contribution in [-0.2, 0) is 6.54 Å². The zero-order chi connectivity index (χ0) is 9.68. The van der Waals surface area contributed by atoms with Crippen LogP contribution in [0.1, 0.15) is 19.5 Å². The zero-order valence-electron chi connectivity index (χ0n) is 8.50. The zero-order valence-corrected chi connectivity index (χ0v) is 8.50. The topological polar surface area (TPSA) is 41.3 Å². The van der Waals surface area contributed by atoms with Gasteiger partial charge in [-0.15, -0.1) is 0 Å². The van der Waals surface area contributed by atoms with Gasteiger partial charge in [0.2, 0.25) is 0 Å². The molecular formula is C9H17N3O. The van der Waals surface area contributed by atoms with E-state index in [0.29, 0.717) is 0 Å². The van der Waals surface area contributed by atoms with Gasteiger partial charge < -0.3 is 14.6 Å². The number of nitrogens with one attached hydrogen (secondary N) is 1. The maximum absolute atomic E-state index is 5.34. The molecule has 4 nitrogen and oxygen atoms in total. The van der Waals surface area contributed by atoms with Gasteiger partial charge in [0, 0.05) is 19.6 Å².